The predicted octanol–water partition coefficient (Wildman–Crippen LogP) is 2.89. The van der Waals surface area contributed by atoms with Crippen molar-refractivity contribution in [2.75, 3.05) is 4.72 Å². The first-order valence-electron chi connectivity index (χ1n) is 6.54. The lowest BCUT2D eigenvalue weighted by Crippen LogP contribution is -2.12. The molecule has 0 saturated heterocycles. The average Bonchev–Trinajstić information content (AvgIpc) is 3.11. The number of hydrogen-bond acceptors (Lipinski definition) is 6. The zero-order valence-corrected chi connectivity index (χ0v) is 13.0. The molecule has 2 aromatic heterocycles. The molecular formula is C14H12FN3O4S. The Morgan fingerprint density at radius 2 is 1.87 bits per heavy atom. The summed E-state index contributed by atoms with van der Waals surface area (Å²) in [6.45, 7) is 3.18. The van der Waals surface area contributed by atoms with Crippen LogP contribution in [-0.4, -0.2) is 18.6 Å². The van der Waals surface area contributed by atoms with Crippen molar-refractivity contribution in [2.24, 2.45) is 0 Å². The number of hydrogen-bond donors (Lipinski definition) is 1. The van der Waals surface area contributed by atoms with Crippen molar-refractivity contribution in [2.45, 2.75) is 18.9 Å². The number of nitrogens with zero attached hydrogens (tertiary/aromatic N) is 2. The maximum atomic E-state index is 13.5. The second kappa shape index (κ2) is 5.51. The molecule has 0 aliphatic heterocycles. The maximum Gasteiger partial charge on any atom is 0.295 e. The molecule has 0 bridgehead atoms. The van der Waals surface area contributed by atoms with Gasteiger partial charge in [0.25, 0.3) is 15.9 Å². The van der Waals surface area contributed by atoms with Gasteiger partial charge in [0.15, 0.2) is 5.76 Å². The van der Waals surface area contributed by atoms with Crippen LogP contribution in [0.15, 0.2) is 44.3 Å². The summed E-state index contributed by atoms with van der Waals surface area (Å²) >= 11 is 0. The third kappa shape index (κ3) is 3.09. The summed E-state index contributed by atoms with van der Waals surface area (Å²) in [7, 11) is -4.00. The van der Waals surface area contributed by atoms with E-state index in [0.717, 1.165) is 6.07 Å². The summed E-state index contributed by atoms with van der Waals surface area (Å²) < 4.78 is 50.6. The smallest absolute Gasteiger partial charge is 0.295 e. The largest absolute Gasteiger partial charge is 0.438 e. The van der Waals surface area contributed by atoms with Gasteiger partial charge in [-0.15, -0.1) is 10.2 Å². The van der Waals surface area contributed by atoms with E-state index in [-0.39, 0.29) is 22.4 Å². The minimum atomic E-state index is -4.00. The summed E-state index contributed by atoms with van der Waals surface area (Å²) in [4.78, 5) is 0. The lowest BCUT2D eigenvalue weighted by molar-refractivity contribution is 0.439. The molecule has 7 nitrogen and oxygen atoms in total. The van der Waals surface area contributed by atoms with E-state index < -0.39 is 15.8 Å². The molecule has 1 N–H and O–H groups in total. The third-order valence-electron chi connectivity index (χ3n) is 3.01. The van der Waals surface area contributed by atoms with Gasteiger partial charge in [-0.05, 0) is 36.8 Å². The van der Waals surface area contributed by atoms with E-state index in [1.807, 2.05) is 0 Å². The van der Waals surface area contributed by atoms with Crippen molar-refractivity contribution < 1.29 is 21.6 Å². The van der Waals surface area contributed by atoms with Crippen LogP contribution in [0.4, 0.5) is 10.1 Å². The molecule has 23 heavy (non-hydrogen) atoms. The van der Waals surface area contributed by atoms with E-state index in [1.54, 1.807) is 13.8 Å². The van der Waals surface area contributed by atoms with Crippen LogP contribution in [0.25, 0.3) is 11.7 Å². The number of halogens is 1. The molecular weight excluding hydrogens is 325 g/mol. The molecule has 0 atom stereocenters. The Kier molecular flexibility index (Phi) is 3.64. The minimum Gasteiger partial charge on any atom is -0.438 e. The van der Waals surface area contributed by atoms with E-state index in [2.05, 4.69) is 14.9 Å². The minimum absolute atomic E-state index is 0.0744. The van der Waals surface area contributed by atoms with E-state index in [0.29, 0.717) is 11.5 Å². The molecule has 120 valence electrons. The zero-order valence-electron chi connectivity index (χ0n) is 12.2. The lowest BCUT2D eigenvalue weighted by atomic mass is 10.2. The van der Waals surface area contributed by atoms with Gasteiger partial charge in [0.2, 0.25) is 11.0 Å². The first-order chi connectivity index (χ1) is 10.8. The van der Waals surface area contributed by atoms with Gasteiger partial charge < -0.3 is 8.83 Å². The van der Waals surface area contributed by atoms with Crippen molar-refractivity contribution in [3.05, 3.63) is 47.6 Å². The molecule has 0 aliphatic carbocycles. The van der Waals surface area contributed by atoms with Crippen molar-refractivity contribution in [3.8, 4) is 11.7 Å². The third-order valence-corrected chi connectivity index (χ3v) is 4.26. The molecule has 1 aromatic carbocycles. The highest BCUT2D eigenvalue weighted by Gasteiger charge is 2.21. The average molecular weight is 337 g/mol. The number of rotatable bonds is 4. The van der Waals surface area contributed by atoms with Gasteiger partial charge in [0.1, 0.15) is 5.82 Å². The zero-order chi connectivity index (χ0) is 16.6. The quantitative estimate of drug-likeness (QED) is 0.786. The summed E-state index contributed by atoms with van der Waals surface area (Å²) in [5.41, 5.74) is 0.514. The molecule has 0 saturated carbocycles. The lowest BCUT2D eigenvalue weighted by Gasteiger charge is -2.06. The van der Waals surface area contributed by atoms with Gasteiger partial charge in [-0.25, -0.2) is 4.39 Å². The Labute approximate surface area is 131 Å². The summed E-state index contributed by atoms with van der Waals surface area (Å²) in [5, 5.41) is 7.03. The van der Waals surface area contributed by atoms with Gasteiger partial charge in [0, 0.05) is 6.92 Å². The van der Waals surface area contributed by atoms with E-state index >= 15 is 0 Å². The second-order valence-electron chi connectivity index (χ2n) is 4.81. The summed E-state index contributed by atoms with van der Waals surface area (Å²) in [5.74, 6) is 0.0205. The molecule has 0 spiro atoms. The Morgan fingerprint density at radius 1 is 1.09 bits per heavy atom. The number of nitrogens with one attached hydrogen (secondary N) is 1. The highest BCUT2D eigenvalue weighted by atomic mass is 32.2. The van der Waals surface area contributed by atoms with Gasteiger partial charge in [0.05, 0.1) is 5.69 Å². The van der Waals surface area contributed by atoms with E-state index in [1.165, 1.54) is 24.3 Å². The number of aromatic nitrogens is 2. The van der Waals surface area contributed by atoms with Crippen LogP contribution >= 0.6 is 0 Å². The summed E-state index contributed by atoms with van der Waals surface area (Å²) in [6.07, 6.45) is 0. The van der Waals surface area contributed by atoms with Crippen molar-refractivity contribution in [3.63, 3.8) is 0 Å². The van der Waals surface area contributed by atoms with E-state index in [4.69, 9.17) is 8.83 Å². The van der Waals surface area contributed by atoms with Crippen molar-refractivity contribution >= 4 is 15.7 Å². The van der Waals surface area contributed by atoms with Crippen LogP contribution in [-0.2, 0) is 10.0 Å². The summed E-state index contributed by atoms with van der Waals surface area (Å²) in [6, 6.07) is 6.68. The van der Waals surface area contributed by atoms with Crippen LogP contribution in [0.3, 0.4) is 0 Å². The number of benzene rings is 1. The fourth-order valence-corrected chi connectivity index (χ4v) is 2.82. The normalized spacial score (nSPS) is 11.6. The van der Waals surface area contributed by atoms with Crippen LogP contribution in [0.2, 0.25) is 0 Å². The highest BCUT2D eigenvalue weighted by Crippen LogP contribution is 2.25. The Morgan fingerprint density at radius 3 is 2.52 bits per heavy atom. The molecule has 0 unspecified atom stereocenters. The highest BCUT2D eigenvalue weighted by molar-refractivity contribution is 7.92. The Balaban J connectivity index is 1.88. The molecule has 2 heterocycles. The molecule has 0 radical (unpaired) electrons. The molecule has 3 aromatic rings. The SMILES string of the molecule is Cc1nnc(-c2ccc(S(=O)(=O)Nc3ccc(C)c(F)c3)o2)o1. The Bertz CT molecular complexity index is 962. The fraction of sp³-hybridized carbons (Fsp3) is 0.143. The first kappa shape index (κ1) is 15.2. The number of anilines is 1. The molecule has 0 fully saturated rings. The topological polar surface area (TPSA) is 98.2 Å². The number of furan rings is 1. The van der Waals surface area contributed by atoms with Gasteiger partial charge in [-0.1, -0.05) is 6.07 Å². The number of sulfonamides is 1. The second-order valence-corrected chi connectivity index (χ2v) is 6.43. The maximum absolute atomic E-state index is 13.5. The van der Waals surface area contributed by atoms with Crippen LogP contribution in [0.5, 0.6) is 0 Å². The molecule has 3 rings (SSSR count). The fourth-order valence-electron chi connectivity index (χ4n) is 1.84. The van der Waals surface area contributed by atoms with Gasteiger partial charge in [-0.3, -0.25) is 4.72 Å². The Hall–Kier alpha value is -2.68. The van der Waals surface area contributed by atoms with Gasteiger partial charge in [-0.2, -0.15) is 8.42 Å². The van der Waals surface area contributed by atoms with Crippen molar-refractivity contribution in [1.29, 1.82) is 0 Å². The van der Waals surface area contributed by atoms with Crippen molar-refractivity contribution in [1.82, 2.24) is 10.2 Å². The predicted molar refractivity (Wildman–Crippen MR) is 78.7 cm³/mol. The molecule has 9 heteroatoms. The van der Waals surface area contributed by atoms with Crippen LogP contribution < -0.4 is 4.72 Å². The number of aryl methyl sites for hydroxylation is 2. The van der Waals surface area contributed by atoms with Crippen LogP contribution in [0, 0.1) is 19.7 Å². The monoisotopic (exact) mass is 337 g/mol. The first-order valence-corrected chi connectivity index (χ1v) is 8.03. The standard InChI is InChI=1S/C14H12FN3O4S/c1-8-3-4-10(7-11(8)15)18-23(19,20)13-6-5-12(22-13)14-17-16-9(2)21-14/h3-7,18H,1-2H3. The van der Waals surface area contributed by atoms with Crippen LogP contribution in [0.1, 0.15) is 11.5 Å². The van der Waals surface area contributed by atoms with E-state index in [9.17, 15) is 12.8 Å². The van der Waals surface area contributed by atoms with Gasteiger partial charge >= 0.3 is 0 Å². The molecule has 0 aliphatic rings. The molecule has 0 amide bonds.